The first kappa shape index (κ1) is 10.7. The van der Waals surface area contributed by atoms with Crippen molar-refractivity contribution in [3.05, 3.63) is 28.8 Å². The summed E-state index contributed by atoms with van der Waals surface area (Å²) in [5, 5.41) is 0.0969. The third kappa shape index (κ3) is 3.19. The zero-order valence-electron chi connectivity index (χ0n) is 6.73. The van der Waals surface area contributed by atoms with Crippen molar-refractivity contribution in [3.63, 3.8) is 0 Å². The molecule has 1 aromatic carbocycles. The van der Waals surface area contributed by atoms with E-state index in [4.69, 9.17) is 18.0 Å². The zero-order chi connectivity index (χ0) is 10.8. The van der Waals surface area contributed by atoms with Crippen molar-refractivity contribution in [2.45, 2.75) is 6.36 Å². The van der Waals surface area contributed by atoms with E-state index in [1.54, 1.807) is 0 Å². The molecule has 0 aliphatic carbocycles. The smallest absolute Gasteiger partial charge is 0.406 e. The number of terminal acetylenes is 1. The van der Waals surface area contributed by atoms with Gasteiger partial charge >= 0.3 is 6.36 Å². The van der Waals surface area contributed by atoms with E-state index in [0.717, 1.165) is 12.1 Å². The summed E-state index contributed by atoms with van der Waals surface area (Å²) in [7, 11) is 0. The Kier molecular flexibility index (Phi) is 2.92. The van der Waals surface area contributed by atoms with Crippen LogP contribution in [0.4, 0.5) is 13.2 Å². The fraction of sp³-hybridized carbons (Fsp3) is 0.111. The molecular weight excluding hydrogens is 217 g/mol. The van der Waals surface area contributed by atoms with E-state index in [-0.39, 0.29) is 10.6 Å². The number of alkyl halides is 3. The Morgan fingerprint density at radius 2 is 1.93 bits per heavy atom. The lowest BCUT2D eigenvalue weighted by Gasteiger charge is -2.09. The first-order chi connectivity index (χ1) is 6.40. The molecule has 0 atom stereocenters. The van der Waals surface area contributed by atoms with Crippen LogP contribution in [0.1, 0.15) is 5.56 Å². The molecule has 0 aliphatic rings. The summed E-state index contributed by atoms with van der Waals surface area (Å²) in [5.41, 5.74) is 0.233. The van der Waals surface area contributed by atoms with Crippen molar-refractivity contribution >= 4 is 11.6 Å². The third-order valence-corrected chi connectivity index (χ3v) is 1.49. The molecule has 0 heterocycles. The summed E-state index contributed by atoms with van der Waals surface area (Å²) >= 11 is 5.51. The molecule has 0 N–H and O–H groups in total. The van der Waals surface area contributed by atoms with Crippen molar-refractivity contribution in [3.8, 4) is 18.1 Å². The summed E-state index contributed by atoms with van der Waals surface area (Å²) < 4.78 is 39.0. The van der Waals surface area contributed by atoms with Crippen molar-refractivity contribution < 1.29 is 17.9 Å². The molecule has 14 heavy (non-hydrogen) atoms. The summed E-state index contributed by atoms with van der Waals surface area (Å²) in [6, 6.07) is 3.49. The van der Waals surface area contributed by atoms with Crippen LogP contribution >= 0.6 is 11.6 Å². The zero-order valence-corrected chi connectivity index (χ0v) is 7.49. The van der Waals surface area contributed by atoms with Gasteiger partial charge in [0.1, 0.15) is 5.75 Å². The van der Waals surface area contributed by atoms with Crippen LogP contribution in [0, 0.1) is 12.3 Å². The van der Waals surface area contributed by atoms with Crippen molar-refractivity contribution in [2.24, 2.45) is 0 Å². The highest BCUT2D eigenvalue weighted by Gasteiger charge is 2.31. The summed E-state index contributed by atoms with van der Waals surface area (Å²) in [4.78, 5) is 0. The molecule has 0 saturated heterocycles. The van der Waals surface area contributed by atoms with Crippen molar-refractivity contribution in [2.75, 3.05) is 0 Å². The average molecular weight is 221 g/mol. The molecule has 74 valence electrons. The van der Waals surface area contributed by atoms with Gasteiger partial charge in [-0.15, -0.1) is 19.6 Å². The molecule has 0 amide bonds. The Bertz CT molecular complexity index is 379. The van der Waals surface area contributed by atoms with Crippen LogP contribution in [-0.2, 0) is 0 Å². The third-order valence-electron chi connectivity index (χ3n) is 1.27. The topological polar surface area (TPSA) is 9.23 Å². The van der Waals surface area contributed by atoms with Gasteiger partial charge in [-0.1, -0.05) is 17.5 Å². The molecule has 0 aromatic heterocycles. The summed E-state index contributed by atoms with van der Waals surface area (Å²) in [6.45, 7) is 0. The number of ether oxygens (including phenoxy) is 1. The van der Waals surface area contributed by atoms with Gasteiger partial charge in [0.15, 0.2) is 0 Å². The van der Waals surface area contributed by atoms with E-state index in [9.17, 15) is 13.2 Å². The lowest BCUT2D eigenvalue weighted by molar-refractivity contribution is -0.274. The summed E-state index contributed by atoms with van der Waals surface area (Å²) in [5.74, 6) is 1.74. The average Bonchev–Trinajstić information content (AvgIpc) is 1.99. The standard InChI is InChI=1S/C9H4ClF3O/c1-2-6-3-7(10)5-8(4-6)14-9(11,12)13/h1,3-5H. The SMILES string of the molecule is C#Cc1cc(Cl)cc(OC(F)(F)F)c1. The van der Waals surface area contributed by atoms with E-state index < -0.39 is 12.1 Å². The molecule has 0 radical (unpaired) electrons. The predicted octanol–water partition coefficient (Wildman–Crippen LogP) is 3.22. The van der Waals surface area contributed by atoms with Gasteiger partial charge in [0.25, 0.3) is 0 Å². The van der Waals surface area contributed by atoms with Gasteiger partial charge in [0, 0.05) is 10.6 Å². The lowest BCUT2D eigenvalue weighted by atomic mass is 10.2. The molecule has 0 fully saturated rings. The normalized spacial score (nSPS) is 10.8. The van der Waals surface area contributed by atoms with Crippen LogP contribution in [0.5, 0.6) is 5.75 Å². The highest BCUT2D eigenvalue weighted by Crippen LogP contribution is 2.26. The number of benzene rings is 1. The van der Waals surface area contributed by atoms with Crippen LogP contribution in [0.15, 0.2) is 18.2 Å². The van der Waals surface area contributed by atoms with Gasteiger partial charge in [0.05, 0.1) is 0 Å². The van der Waals surface area contributed by atoms with Gasteiger partial charge in [0.2, 0.25) is 0 Å². The molecule has 0 aliphatic heterocycles. The second-order valence-electron chi connectivity index (χ2n) is 2.37. The predicted molar refractivity (Wildman–Crippen MR) is 46.1 cm³/mol. The van der Waals surface area contributed by atoms with Gasteiger partial charge in [-0.3, -0.25) is 0 Å². The second kappa shape index (κ2) is 3.81. The Hall–Kier alpha value is -1.34. The number of rotatable bonds is 1. The first-order valence-electron chi connectivity index (χ1n) is 3.43. The van der Waals surface area contributed by atoms with E-state index in [1.807, 2.05) is 0 Å². The Morgan fingerprint density at radius 3 is 2.43 bits per heavy atom. The van der Waals surface area contributed by atoms with Gasteiger partial charge < -0.3 is 4.74 Å². The monoisotopic (exact) mass is 220 g/mol. The quantitative estimate of drug-likeness (QED) is 0.661. The van der Waals surface area contributed by atoms with Crippen molar-refractivity contribution in [1.82, 2.24) is 0 Å². The highest BCUT2D eigenvalue weighted by molar-refractivity contribution is 6.30. The molecule has 1 nitrogen and oxygen atoms in total. The van der Waals surface area contributed by atoms with Crippen molar-refractivity contribution in [1.29, 1.82) is 0 Å². The molecular formula is C9H4ClF3O. The number of hydrogen-bond donors (Lipinski definition) is 0. The first-order valence-corrected chi connectivity index (χ1v) is 3.81. The van der Waals surface area contributed by atoms with Gasteiger partial charge in [-0.2, -0.15) is 0 Å². The Labute approximate surface area is 83.4 Å². The molecule has 0 saturated carbocycles. The largest absolute Gasteiger partial charge is 0.573 e. The van der Waals surface area contributed by atoms with E-state index in [1.165, 1.54) is 6.07 Å². The Morgan fingerprint density at radius 1 is 1.29 bits per heavy atom. The molecule has 0 bridgehead atoms. The summed E-state index contributed by atoms with van der Waals surface area (Å²) in [6.07, 6.45) is 0.266. The minimum atomic E-state index is -4.74. The fourth-order valence-corrected chi connectivity index (χ4v) is 1.06. The van der Waals surface area contributed by atoms with E-state index >= 15 is 0 Å². The Balaban J connectivity index is 3.00. The van der Waals surface area contributed by atoms with Gasteiger partial charge in [-0.05, 0) is 18.2 Å². The fourth-order valence-electron chi connectivity index (χ4n) is 0.839. The highest BCUT2D eigenvalue weighted by atomic mass is 35.5. The van der Waals surface area contributed by atoms with Gasteiger partial charge in [-0.25, -0.2) is 0 Å². The van der Waals surface area contributed by atoms with E-state index in [2.05, 4.69) is 10.7 Å². The van der Waals surface area contributed by atoms with Crippen LogP contribution in [-0.4, -0.2) is 6.36 Å². The molecule has 1 rings (SSSR count). The molecule has 0 spiro atoms. The molecule has 0 unspecified atom stereocenters. The van der Waals surface area contributed by atoms with Crippen LogP contribution in [0.3, 0.4) is 0 Å². The second-order valence-corrected chi connectivity index (χ2v) is 2.80. The maximum Gasteiger partial charge on any atom is 0.573 e. The maximum absolute atomic E-state index is 11.8. The number of hydrogen-bond acceptors (Lipinski definition) is 1. The lowest BCUT2D eigenvalue weighted by Crippen LogP contribution is -2.17. The van der Waals surface area contributed by atoms with Crippen LogP contribution in [0.25, 0.3) is 0 Å². The van der Waals surface area contributed by atoms with Crippen LogP contribution in [0.2, 0.25) is 5.02 Å². The van der Waals surface area contributed by atoms with Crippen LogP contribution < -0.4 is 4.74 Å². The molecule has 5 heteroatoms. The molecule has 1 aromatic rings. The number of halogens is 4. The maximum atomic E-state index is 11.8. The minimum Gasteiger partial charge on any atom is -0.406 e. The minimum absolute atomic E-state index is 0.0969. The van der Waals surface area contributed by atoms with E-state index in [0.29, 0.717) is 0 Å².